The van der Waals surface area contributed by atoms with E-state index in [9.17, 15) is 8.78 Å². The fourth-order valence-corrected chi connectivity index (χ4v) is 3.11. The second kappa shape index (κ2) is 8.65. The van der Waals surface area contributed by atoms with E-state index in [1.807, 2.05) is 20.8 Å². The first-order chi connectivity index (χ1) is 9.30. The predicted octanol–water partition coefficient (Wildman–Crippen LogP) is 4.45. The first kappa shape index (κ1) is 21.9. The molecule has 1 aliphatic rings. The van der Waals surface area contributed by atoms with E-state index in [1.54, 1.807) is 0 Å². The van der Waals surface area contributed by atoms with Crippen LogP contribution in [-0.4, -0.2) is 31.1 Å². The summed E-state index contributed by atoms with van der Waals surface area (Å²) in [5.41, 5.74) is -0.142. The summed E-state index contributed by atoms with van der Waals surface area (Å²) in [6, 6.07) is 2.09. The number of piperazine rings is 1. The molecule has 1 fully saturated rings. The van der Waals surface area contributed by atoms with Crippen LogP contribution in [0.5, 0.6) is 0 Å². The summed E-state index contributed by atoms with van der Waals surface area (Å²) in [6.45, 7) is 9.26. The molecule has 1 aliphatic heterocycles. The number of nitrogens with zero attached hydrogens (tertiary/aromatic N) is 1. The minimum Gasteiger partial charge on any atom is -0.314 e. The summed E-state index contributed by atoms with van der Waals surface area (Å²) in [5, 5.41) is 3.35. The second-order valence-corrected chi connectivity index (χ2v) is 6.77. The molecule has 0 unspecified atom stereocenters. The Morgan fingerprint density at radius 2 is 1.55 bits per heavy atom. The number of hydrogen-bond acceptors (Lipinski definition) is 2. The van der Waals surface area contributed by atoms with Crippen molar-refractivity contribution >= 4 is 36.4 Å². The normalized spacial score (nSPS) is 17.4. The first-order valence-electron chi connectivity index (χ1n) is 6.90. The van der Waals surface area contributed by atoms with E-state index < -0.39 is 11.6 Å². The van der Waals surface area contributed by atoms with Gasteiger partial charge in [0.1, 0.15) is 11.6 Å². The van der Waals surface area contributed by atoms with E-state index >= 15 is 0 Å². The molecule has 1 aromatic carbocycles. The van der Waals surface area contributed by atoms with Crippen LogP contribution in [0.3, 0.4) is 0 Å². The van der Waals surface area contributed by atoms with E-state index in [1.165, 1.54) is 12.1 Å². The molecular weight excluding hydrogens is 353 g/mol. The Balaban J connectivity index is 0.00000220. The van der Waals surface area contributed by atoms with Crippen LogP contribution in [0.25, 0.3) is 0 Å². The van der Waals surface area contributed by atoms with Crippen molar-refractivity contribution in [1.29, 1.82) is 0 Å². The van der Waals surface area contributed by atoms with Crippen LogP contribution in [0.15, 0.2) is 12.1 Å². The Hall–Kier alpha value is -0.130. The lowest BCUT2D eigenvalue weighted by molar-refractivity contribution is 0.0804. The molecule has 1 aromatic rings. The zero-order valence-corrected chi connectivity index (χ0v) is 15.3. The van der Waals surface area contributed by atoms with Crippen molar-refractivity contribution in [1.82, 2.24) is 10.2 Å². The van der Waals surface area contributed by atoms with Gasteiger partial charge in [-0.25, -0.2) is 8.78 Å². The van der Waals surface area contributed by atoms with Crippen LogP contribution in [-0.2, 0) is 0 Å². The summed E-state index contributed by atoms with van der Waals surface area (Å²) >= 11 is 5.72. The minimum atomic E-state index is -0.562. The summed E-state index contributed by atoms with van der Waals surface area (Å²) in [6.07, 6.45) is 0. The molecule has 0 amide bonds. The maximum Gasteiger partial charge on any atom is 0.132 e. The summed E-state index contributed by atoms with van der Waals surface area (Å²) in [5.74, 6) is -1.12. The molecule has 0 spiro atoms. The monoisotopic (exact) mass is 374 g/mol. The number of nitrogens with one attached hydrogen (secondary N) is 1. The van der Waals surface area contributed by atoms with Gasteiger partial charge in [0.2, 0.25) is 0 Å². The van der Waals surface area contributed by atoms with Gasteiger partial charge in [-0.2, -0.15) is 0 Å². The molecule has 0 aromatic heterocycles. The average molecular weight is 376 g/mol. The molecule has 1 atom stereocenters. The average Bonchev–Trinajstić information content (AvgIpc) is 2.33. The zero-order chi connectivity index (χ0) is 14.9. The van der Waals surface area contributed by atoms with Crippen LogP contribution < -0.4 is 5.32 Å². The molecule has 7 heteroatoms. The molecule has 1 heterocycles. The molecule has 2 rings (SSSR count). The van der Waals surface area contributed by atoms with Gasteiger partial charge in [0, 0.05) is 42.8 Å². The Kier molecular flexibility index (Phi) is 8.60. The Morgan fingerprint density at radius 1 is 1.09 bits per heavy atom. The van der Waals surface area contributed by atoms with Gasteiger partial charge in [-0.15, -0.1) is 24.8 Å². The number of halogens is 5. The molecule has 0 saturated carbocycles. The molecule has 22 heavy (non-hydrogen) atoms. The van der Waals surface area contributed by atoms with Crippen LogP contribution in [0.2, 0.25) is 5.02 Å². The Labute approximate surface area is 148 Å². The van der Waals surface area contributed by atoms with Crippen LogP contribution in [0.4, 0.5) is 8.78 Å². The zero-order valence-electron chi connectivity index (χ0n) is 13.0. The van der Waals surface area contributed by atoms with Gasteiger partial charge in [0.05, 0.1) is 0 Å². The van der Waals surface area contributed by atoms with Crippen molar-refractivity contribution in [3.63, 3.8) is 0 Å². The SMILES string of the molecule is CC(C)(C)[C@H](c1c(F)cc(Cl)cc1F)N1CCNCC1.Cl.Cl. The van der Waals surface area contributed by atoms with Crippen LogP contribution in [0, 0.1) is 17.0 Å². The molecular formula is C15H23Cl3F2N2. The van der Waals surface area contributed by atoms with Crippen molar-refractivity contribution in [3.05, 3.63) is 34.4 Å². The summed E-state index contributed by atoms with van der Waals surface area (Å²) in [7, 11) is 0. The van der Waals surface area contributed by atoms with Gasteiger partial charge in [-0.3, -0.25) is 4.90 Å². The van der Waals surface area contributed by atoms with Gasteiger partial charge >= 0.3 is 0 Å². The van der Waals surface area contributed by atoms with Crippen molar-refractivity contribution in [2.24, 2.45) is 5.41 Å². The van der Waals surface area contributed by atoms with Crippen LogP contribution >= 0.6 is 36.4 Å². The fourth-order valence-electron chi connectivity index (χ4n) is 2.92. The van der Waals surface area contributed by atoms with Gasteiger partial charge in [0.25, 0.3) is 0 Å². The third-order valence-corrected chi connectivity index (χ3v) is 3.87. The van der Waals surface area contributed by atoms with Crippen LogP contribution in [0.1, 0.15) is 32.4 Å². The highest BCUT2D eigenvalue weighted by Gasteiger charge is 2.36. The third kappa shape index (κ3) is 4.93. The molecule has 0 radical (unpaired) electrons. The van der Waals surface area contributed by atoms with Gasteiger partial charge < -0.3 is 5.32 Å². The van der Waals surface area contributed by atoms with E-state index in [0.717, 1.165) is 26.2 Å². The lowest BCUT2D eigenvalue weighted by atomic mass is 9.80. The lowest BCUT2D eigenvalue weighted by Gasteiger charge is -2.42. The molecule has 128 valence electrons. The molecule has 0 bridgehead atoms. The highest BCUT2D eigenvalue weighted by molar-refractivity contribution is 6.30. The van der Waals surface area contributed by atoms with Gasteiger partial charge in [-0.05, 0) is 17.5 Å². The number of rotatable bonds is 2. The Bertz CT molecular complexity index is 463. The van der Waals surface area contributed by atoms with Crippen molar-refractivity contribution in [2.45, 2.75) is 26.8 Å². The lowest BCUT2D eigenvalue weighted by Crippen LogP contribution is -2.48. The largest absolute Gasteiger partial charge is 0.314 e. The molecule has 2 nitrogen and oxygen atoms in total. The predicted molar refractivity (Wildman–Crippen MR) is 92.5 cm³/mol. The number of benzene rings is 1. The van der Waals surface area contributed by atoms with Crippen molar-refractivity contribution < 1.29 is 8.78 Å². The third-order valence-electron chi connectivity index (χ3n) is 3.65. The van der Waals surface area contributed by atoms with Crippen molar-refractivity contribution in [3.8, 4) is 0 Å². The van der Waals surface area contributed by atoms with Gasteiger partial charge in [0.15, 0.2) is 0 Å². The highest BCUT2D eigenvalue weighted by atomic mass is 35.5. The molecule has 0 aliphatic carbocycles. The Morgan fingerprint density at radius 3 is 1.95 bits per heavy atom. The second-order valence-electron chi connectivity index (χ2n) is 6.34. The van der Waals surface area contributed by atoms with Gasteiger partial charge in [-0.1, -0.05) is 32.4 Å². The number of hydrogen-bond donors (Lipinski definition) is 1. The molecule has 1 N–H and O–H groups in total. The fraction of sp³-hybridized carbons (Fsp3) is 0.600. The first-order valence-corrected chi connectivity index (χ1v) is 7.27. The van der Waals surface area contributed by atoms with E-state index in [2.05, 4.69) is 10.2 Å². The summed E-state index contributed by atoms with van der Waals surface area (Å²) < 4.78 is 28.6. The van der Waals surface area contributed by atoms with E-state index in [-0.39, 0.29) is 46.9 Å². The maximum atomic E-state index is 14.3. The smallest absolute Gasteiger partial charge is 0.132 e. The standard InChI is InChI=1S/C15H21ClF2N2.2ClH/c1-15(2,3)14(20-6-4-19-5-7-20)13-11(17)8-10(16)9-12(13)18;;/h8-9,14,19H,4-7H2,1-3H3;2*1H/t14-;;/m0../s1. The molecule has 1 saturated heterocycles. The van der Waals surface area contributed by atoms with E-state index in [0.29, 0.717) is 0 Å². The maximum absolute atomic E-state index is 14.3. The quantitative estimate of drug-likeness (QED) is 0.821. The minimum absolute atomic E-state index is 0. The van der Waals surface area contributed by atoms with E-state index in [4.69, 9.17) is 11.6 Å². The summed E-state index contributed by atoms with van der Waals surface area (Å²) in [4.78, 5) is 2.14. The topological polar surface area (TPSA) is 15.3 Å². The van der Waals surface area contributed by atoms with Crippen molar-refractivity contribution in [2.75, 3.05) is 26.2 Å². The highest BCUT2D eigenvalue weighted by Crippen LogP contribution is 2.41.